The molecule has 1 atom stereocenters. The Hall–Kier alpha value is -1.32. The average Bonchev–Trinajstić information content (AvgIpc) is 3.59. The maximum absolute atomic E-state index is 13.5. The van der Waals surface area contributed by atoms with E-state index in [1.165, 1.54) is 61.6 Å². The van der Waals surface area contributed by atoms with Gasteiger partial charge in [-0.3, -0.25) is 10.1 Å². The summed E-state index contributed by atoms with van der Waals surface area (Å²) in [5.74, 6) is 0.504. The molecule has 9 heteroatoms. The topological polar surface area (TPSA) is 91.8 Å². The molecule has 0 saturated heterocycles. The van der Waals surface area contributed by atoms with Crippen LogP contribution < -0.4 is 5.32 Å². The summed E-state index contributed by atoms with van der Waals surface area (Å²) < 4.78 is 6.67. The van der Waals surface area contributed by atoms with Crippen LogP contribution in [0.1, 0.15) is 77.0 Å². The van der Waals surface area contributed by atoms with E-state index in [0.717, 1.165) is 48.7 Å². The van der Waals surface area contributed by atoms with Crippen molar-refractivity contribution in [3.05, 3.63) is 6.20 Å². The number of thioether (sulfide) groups is 1. The quantitative estimate of drug-likeness (QED) is 0.329. The molecule has 0 aromatic carbocycles. The number of thiazole rings is 1. The smallest absolute Gasteiger partial charge is 0.324 e. The van der Waals surface area contributed by atoms with Crippen molar-refractivity contribution in [2.24, 2.45) is 11.8 Å². The zero-order valence-electron chi connectivity index (χ0n) is 19.5. The normalized spacial score (nSPS) is 25.2. The number of carboxylic acids is 1. The van der Waals surface area contributed by atoms with E-state index >= 15 is 0 Å². The Morgan fingerprint density at radius 1 is 1.09 bits per heavy atom. The third-order valence-corrected chi connectivity index (χ3v) is 9.54. The van der Waals surface area contributed by atoms with Crippen LogP contribution in [-0.4, -0.2) is 58.0 Å². The van der Waals surface area contributed by atoms with Gasteiger partial charge < -0.3 is 14.7 Å². The molecular formula is C24H37N3O4S2. The van der Waals surface area contributed by atoms with Crippen molar-refractivity contribution in [2.75, 3.05) is 18.2 Å². The number of urea groups is 1. The minimum Gasteiger partial charge on any atom is -0.481 e. The van der Waals surface area contributed by atoms with E-state index in [4.69, 9.17) is 9.84 Å². The number of nitrogens with zero attached hydrogens (tertiary/aromatic N) is 2. The van der Waals surface area contributed by atoms with Gasteiger partial charge in [0.15, 0.2) is 5.13 Å². The van der Waals surface area contributed by atoms with Gasteiger partial charge in [0, 0.05) is 19.2 Å². The number of aliphatic carboxylic acids is 1. The van der Waals surface area contributed by atoms with Crippen LogP contribution in [0.4, 0.5) is 9.93 Å². The van der Waals surface area contributed by atoms with Gasteiger partial charge in [-0.2, -0.15) is 0 Å². The Balaban J connectivity index is 1.41. The largest absolute Gasteiger partial charge is 0.481 e. The molecule has 33 heavy (non-hydrogen) atoms. The number of rotatable bonds is 9. The van der Waals surface area contributed by atoms with Gasteiger partial charge in [-0.05, 0) is 63.2 Å². The lowest BCUT2D eigenvalue weighted by Crippen LogP contribution is -2.51. The second-order valence-electron chi connectivity index (χ2n) is 9.76. The van der Waals surface area contributed by atoms with Crippen molar-refractivity contribution in [1.29, 1.82) is 0 Å². The molecule has 3 saturated carbocycles. The SMILES string of the molecule is COC(C1CC1)C1CCC(N(C(=O)Nc2ncc(SCC(=O)O)s2)C2CCCCCC2)CC1. The monoisotopic (exact) mass is 495 g/mol. The van der Waals surface area contributed by atoms with Crippen LogP contribution in [0.25, 0.3) is 0 Å². The maximum Gasteiger partial charge on any atom is 0.324 e. The number of ether oxygens (including phenoxy) is 1. The molecular weight excluding hydrogens is 458 g/mol. The van der Waals surface area contributed by atoms with Crippen molar-refractivity contribution in [2.45, 2.75) is 99.4 Å². The van der Waals surface area contributed by atoms with Gasteiger partial charge in [-0.15, -0.1) is 11.8 Å². The molecule has 1 aromatic rings. The summed E-state index contributed by atoms with van der Waals surface area (Å²) >= 11 is 2.58. The van der Waals surface area contributed by atoms with Gasteiger partial charge in [0.05, 0.1) is 22.3 Å². The third-order valence-electron chi connectivity index (χ3n) is 7.45. The van der Waals surface area contributed by atoms with Crippen LogP contribution in [0.3, 0.4) is 0 Å². The summed E-state index contributed by atoms with van der Waals surface area (Å²) in [6.07, 6.45) is 16.0. The van der Waals surface area contributed by atoms with Gasteiger partial charge in [0.1, 0.15) is 0 Å². The van der Waals surface area contributed by atoms with Crippen molar-refractivity contribution in [3.63, 3.8) is 0 Å². The lowest BCUT2D eigenvalue weighted by atomic mass is 9.80. The number of hydrogen-bond donors (Lipinski definition) is 2. The Morgan fingerprint density at radius 2 is 1.70 bits per heavy atom. The van der Waals surface area contributed by atoms with E-state index in [-0.39, 0.29) is 23.9 Å². The summed E-state index contributed by atoms with van der Waals surface area (Å²) in [4.78, 5) is 30.9. The highest BCUT2D eigenvalue weighted by Crippen LogP contribution is 2.43. The van der Waals surface area contributed by atoms with Gasteiger partial charge in [0.2, 0.25) is 0 Å². The number of aromatic nitrogens is 1. The standard InChI is InChI=1S/C24H37N3O4S2/c1-31-22(16-8-9-16)17-10-12-19(13-11-17)27(18-6-4-2-3-5-7-18)24(30)26-23-25-14-21(33-23)32-15-20(28)29/h14,16-19,22H,2-13,15H2,1H3,(H,28,29)(H,25,26,30). The predicted molar refractivity (Wildman–Crippen MR) is 132 cm³/mol. The molecule has 0 spiro atoms. The van der Waals surface area contributed by atoms with E-state index in [1.807, 2.05) is 7.11 Å². The molecule has 7 nitrogen and oxygen atoms in total. The van der Waals surface area contributed by atoms with E-state index in [9.17, 15) is 9.59 Å². The Kier molecular flexibility index (Phi) is 8.93. The van der Waals surface area contributed by atoms with Gasteiger partial charge in [-0.25, -0.2) is 9.78 Å². The fourth-order valence-electron chi connectivity index (χ4n) is 5.74. The Labute approximate surface area is 205 Å². The molecule has 2 N–H and O–H groups in total. The molecule has 3 aliphatic carbocycles. The first-order valence-corrected chi connectivity index (χ1v) is 14.3. The number of anilines is 1. The highest BCUT2D eigenvalue weighted by molar-refractivity contribution is 8.01. The van der Waals surface area contributed by atoms with E-state index < -0.39 is 5.97 Å². The first-order chi connectivity index (χ1) is 16.0. The van der Waals surface area contributed by atoms with Crippen molar-refractivity contribution in [1.82, 2.24) is 9.88 Å². The zero-order valence-corrected chi connectivity index (χ0v) is 21.2. The highest BCUT2D eigenvalue weighted by atomic mass is 32.2. The van der Waals surface area contributed by atoms with E-state index in [0.29, 0.717) is 17.2 Å². The number of amides is 2. The molecule has 3 aliphatic rings. The van der Waals surface area contributed by atoms with Crippen molar-refractivity contribution in [3.8, 4) is 0 Å². The minimum absolute atomic E-state index is 0.00363. The predicted octanol–water partition coefficient (Wildman–Crippen LogP) is 5.86. The number of carbonyl (C=O) groups is 2. The summed E-state index contributed by atoms with van der Waals surface area (Å²) in [5, 5.41) is 12.5. The highest BCUT2D eigenvalue weighted by Gasteiger charge is 2.40. The summed E-state index contributed by atoms with van der Waals surface area (Å²) in [6.45, 7) is 0. The molecule has 4 rings (SSSR count). The minimum atomic E-state index is -0.855. The molecule has 0 aliphatic heterocycles. The van der Waals surface area contributed by atoms with Gasteiger partial charge >= 0.3 is 12.0 Å². The number of carbonyl (C=O) groups excluding carboxylic acids is 1. The van der Waals surface area contributed by atoms with Crippen molar-refractivity contribution >= 4 is 40.2 Å². The average molecular weight is 496 g/mol. The molecule has 1 aromatic heterocycles. The van der Waals surface area contributed by atoms with Crippen molar-refractivity contribution < 1.29 is 19.4 Å². The lowest BCUT2D eigenvalue weighted by molar-refractivity contribution is -0.133. The Morgan fingerprint density at radius 3 is 2.27 bits per heavy atom. The second kappa shape index (κ2) is 11.9. The summed E-state index contributed by atoms with van der Waals surface area (Å²) in [7, 11) is 1.86. The van der Waals surface area contributed by atoms with E-state index in [1.54, 1.807) is 6.20 Å². The van der Waals surface area contributed by atoms with E-state index in [2.05, 4.69) is 15.2 Å². The molecule has 1 unspecified atom stereocenters. The summed E-state index contributed by atoms with van der Waals surface area (Å²) in [6, 6.07) is 0.512. The van der Waals surface area contributed by atoms with Crippen LogP contribution in [0.15, 0.2) is 10.4 Å². The molecule has 0 bridgehead atoms. The van der Waals surface area contributed by atoms with Crippen LogP contribution in [0.2, 0.25) is 0 Å². The Bertz CT molecular complexity index is 784. The molecule has 2 amide bonds. The van der Waals surface area contributed by atoms with Crippen LogP contribution in [0, 0.1) is 11.8 Å². The first kappa shape index (κ1) is 24.8. The molecule has 1 heterocycles. The number of hydrogen-bond acceptors (Lipinski definition) is 6. The second-order valence-corrected chi connectivity index (χ2v) is 12.1. The number of nitrogens with one attached hydrogen (secondary N) is 1. The number of methoxy groups -OCH3 is 1. The molecule has 3 fully saturated rings. The molecule has 184 valence electrons. The molecule has 0 radical (unpaired) electrons. The lowest BCUT2D eigenvalue weighted by Gasteiger charge is -2.42. The fourth-order valence-corrected chi connectivity index (χ4v) is 7.32. The zero-order chi connectivity index (χ0) is 23.2. The fraction of sp³-hybridized carbons (Fsp3) is 0.792. The van der Waals surface area contributed by atoms with Crippen LogP contribution in [0.5, 0.6) is 0 Å². The summed E-state index contributed by atoms with van der Waals surface area (Å²) in [5.41, 5.74) is 0. The first-order valence-electron chi connectivity index (χ1n) is 12.5. The maximum atomic E-state index is 13.5. The van der Waals surface area contributed by atoms with Crippen LogP contribution >= 0.6 is 23.1 Å². The van der Waals surface area contributed by atoms with Gasteiger partial charge in [-0.1, -0.05) is 37.0 Å². The van der Waals surface area contributed by atoms with Gasteiger partial charge in [0.25, 0.3) is 0 Å². The van der Waals surface area contributed by atoms with Crippen LogP contribution in [-0.2, 0) is 9.53 Å². The third kappa shape index (κ3) is 6.85. The number of carboxylic acid groups (broad SMARTS) is 1.